The van der Waals surface area contributed by atoms with Crippen molar-refractivity contribution in [3.63, 3.8) is 0 Å². The molecule has 0 atom stereocenters. The quantitative estimate of drug-likeness (QED) is 0.401. The van der Waals surface area contributed by atoms with Gasteiger partial charge in [-0.25, -0.2) is 0 Å². The minimum absolute atomic E-state index is 0.154. The van der Waals surface area contributed by atoms with Gasteiger partial charge in [0.1, 0.15) is 22.8 Å². The number of amides is 1. The summed E-state index contributed by atoms with van der Waals surface area (Å²) in [7, 11) is 1.52. The van der Waals surface area contributed by atoms with Crippen molar-refractivity contribution in [2.24, 2.45) is 0 Å². The zero-order valence-electron chi connectivity index (χ0n) is 17.0. The minimum atomic E-state index is -4.75. The third kappa shape index (κ3) is 5.47. The molecule has 0 aliphatic carbocycles. The third-order valence-corrected chi connectivity index (χ3v) is 5.27. The van der Waals surface area contributed by atoms with Crippen molar-refractivity contribution in [3.05, 3.63) is 65.3 Å². The fourth-order valence-electron chi connectivity index (χ4n) is 2.89. The molecule has 0 aliphatic heterocycles. The van der Waals surface area contributed by atoms with E-state index in [9.17, 15) is 18.0 Å². The van der Waals surface area contributed by atoms with Crippen LogP contribution in [0.5, 0.6) is 11.6 Å². The van der Waals surface area contributed by atoms with Crippen LogP contribution in [0.2, 0.25) is 0 Å². The van der Waals surface area contributed by atoms with E-state index in [1.54, 1.807) is 12.1 Å². The molecule has 8 nitrogen and oxygen atoms in total. The first-order valence-electron chi connectivity index (χ1n) is 9.49. The van der Waals surface area contributed by atoms with Crippen molar-refractivity contribution in [1.82, 2.24) is 20.5 Å². The third-order valence-electron chi connectivity index (χ3n) is 4.37. The highest BCUT2D eigenvalue weighted by Crippen LogP contribution is 2.34. The summed E-state index contributed by atoms with van der Waals surface area (Å²) in [4.78, 5) is 15.8. The number of ether oxygens (including phenoxy) is 2. The zero-order valence-corrected chi connectivity index (χ0v) is 17.8. The fourth-order valence-corrected chi connectivity index (χ4v) is 3.72. The number of carbonyl (C=O) groups excluding carboxylic acids is 1. The first-order chi connectivity index (χ1) is 15.8. The topological polar surface area (TPSA) is 98.3 Å². The van der Waals surface area contributed by atoms with E-state index < -0.39 is 6.36 Å². The second-order valence-electron chi connectivity index (χ2n) is 6.63. The Labute approximate surface area is 189 Å². The van der Waals surface area contributed by atoms with Gasteiger partial charge in [-0.1, -0.05) is 0 Å². The zero-order chi connectivity index (χ0) is 23.4. The van der Waals surface area contributed by atoms with Crippen LogP contribution in [0.25, 0.3) is 10.1 Å². The summed E-state index contributed by atoms with van der Waals surface area (Å²) in [5.41, 5.74) is 1.52. The lowest BCUT2D eigenvalue weighted by Crippen LogP contribution is -2.19. The summed E-state index contributed by atoms with van der Waals surface area (Å²) in [6, 6.07) is 10.5. The first-order valence-corrected chi connectivity index (χ1v) is 10.4. The number of rotatable bonds is 7. The van der Waals surface area contributed by atoms with Crippen LogP contribution in [0, 0.1) is 0 Å². The van der Waals surface area contributed by atoms with Crippen molar-refractivity contribution >= 4 is 38.8 Å². The molecule has 3 aromatic heterocycles. The number of thiophene rings is 1. The highest BCUT2D eigenvalue weighted by Gasteiger charge is 2.31. The Morgan fingerprint density at radius 2 is 1.91 bits per heavy atom. The van der Waals surface area contributed by atoms with Gasteiger partial charge in [0.25, 0.3) is 11.8 Å². The first kappa shape index (κ1) is 22.3. The molecule has 0 spiro atoms. The van der Waals surface area contributed by atoms with E-state index in [1.165, 1.54) is 48.8 Å². The van der Waals surface area contributed by atoms with Gasteiger partial charge in [-0.2, -0.15) is 0 Å². The molecule has 0 unspecified atom stereocenters. The molecule has 0 bridgehead atoms. The number of anilines is 2. The molecule has 170 valence electrons. The number of carbonyl (C=O) groups is 1. The lowest BCUT2D eigenvalue weighted by Gasteiger charge is -2.11. The Morgan fingerprint density at radius 1 is 1.12 bits per heavy atom. The number of alkyl halides is 3. The van der Waals surface area contributed by atoms with Gasteiger partial charge in [-0.05, 0) is 53.4 Å². The molecule has 2 N–H and O–H groups in total. The van der Waals surface area contributed by atoms with Gasteiger partial charge in [0, 0.05) is 24.3 Å². The lowest BCUT2D eigenvalue weighted by molar-refractivity contribution is -0.274. The predicted octanol–water partition coefficient (Wildman–Crippen LogP) is 4.67. The Bertz CT molecular complexity index is 1280. The van der Waals surface area contributed by atoms with Crippen LogP contribution in [0.3, 0.4) is 0 Å². The smallest absolute Gasteiger partial charge is 0.471 e. The predicted molar refractivity (Wildman–Crippen MR) is 116 cm³/mol. The molecule has 12 heteroatoms. The van der Waals surface area contributed by atoms with Crippen molar-refractivity contribution < 1.29 is 27.4 Å². The second kappa shape index (κ2) is 9.28. The Kier molecular flexibility index (Phi) is 6.27. The number of pyridine rings is 1. The van der Waals surface area contributed by atoms with E-state index in [-0.39, 0.29) is 24.0 Å². The number of hydrogen-bond donors (Lipinski definition) is 2. The number of nitrogens with one attached hydrogen (secondary N) is 2. The van der Waals surface area contributed by atoms with Crippen LogP contribution in [0.15, 0.2) is 54.0 Å². The molecular formula is C21H16F3N5O3S. The second-order valence-corrected chi connectivity index (χ2v) is 7.55. The van der Waals surface area contributed by atoms with Gasteiger partial charge >= 0.3 is 6.36 Å². The summed E-state index contributed by atoms with van der Waals surface area (Å²) in [5, 5.41) is 16.4. The summed E-state index contributed by atoms with van der Waals surface area (Å²) >= 11 is 1.41. The summed E-state index contributed by atoms with van der Waals surface area (Å²) in [5.74, 6) is 0.122. The van der Waals surface area contributed by atoms with Crippen molar-refractivity contribution in [1.29, 1.82) is 0 Å². The number of fused-ring (bicyclic) bond motifs is 1. The highest BCUT2D eigenvalue weighted by molar-refractivity contribution is 7.17. The molecule has 1 aromatic carbocycles. The van der Waals surface area contributed by atoms with Crippen LogP contribution < -0.4 is 20.1 Å². The molecule has 0 saturated carbocycles. The van der Waals surface area contributed by atoms with Crippen LogP contribution in [-0.2, 0) is 6.61 Å². The van der Waals surface area contributed by atoms with E-state index >= 15 is 0 Å². The average Bonchev–Trinajstić information content (AvgIpc) is 3.29. The number of nitrogens with zero attached hydrogens (tertiary/aromatic N) is 3. The van der Waals surface area contributed by atoms with Crippen LogP contribution in [0.4, 0.5) is 24.7 Å². The monoisotopic (exact) mass is 475 g/mol. The number of halogens is 3. The molecule has 0 fully saturated rings. The standard InChI is InChI=1S/C21H16F3N5O3S/c1-25-19(30)16-10-12(6-8-26-16)11-31-20-17-15(7-9-33-17)18(28-29-20)27-13-2-4-14(5-3-13)32-21(22,23)24/h2-10H,11H2,1H3,(H,25,30)(H,27,28). The SMILES string of the molecule is CNC(=O)c1cc(COc2nnc(Nc3ccc(OC(F)(F)F)cc3)c3ccsc23)ccn1. The maximum atomic E-state index is 12.3. The summed E-state index contributed by atoms with van der Waals surface area (Å²) in [6.07, 6.45) is -3.23. The molecular weight excluding hydrogens is 459 g/mol. The van der Waals surface area contributed by atoms with Crippen molar-refractivity contribution in [2.75, 3.05) is 12.4 Å². The average molecular weight is 475 g/mol. The highest BCUT2D eigenvalue weighted by atomic mass is 32.1. The molecule has 33 heavy (non-hydrogen) atoms. The van der Waals surface area contributed by atoms with Crippen LogP contribution in [0.1, 0.15) is 16.1 Å². The minimum Gasteiger partial charge on any atom is -0.471 e. The molecule has 0 aliphatic rings. The van der Waals surface area contributed by atoms with Gasteiger partial charge in [0.15, 0.2) is 5.82 Å². The van der Waals surface area contributed by atoms with Gasteiger partial charge < -0.3 is 20.1 Å². The number of hydrogen-bond acceptors (Lipinski definition) is 8. The maximum absolute atomic E-state index is 12.3. The van der Waals surface area contributed by atoms with Gasteiger partial charge in [0.05, 0.1) is 0 Å². The normalized spacial score (nSPS) is 11.3. The fraction of sp³-hybridized carbons (Fsp3) is 0.143. The largest absolute Gasteiger partial charge is 0.573 e. The molecule has 0 saturated heterocycles. The lowest BCUT2D eigenvalue weighted by atomic mass is 10.2. The van der Waals surface area contributed by atoms with Crippen molar-refractivity contribution in [3.8, 4) is 11.6 Å². The van der Waals surface area contributed by atoms with Crippen LogP contribution in [-0.4, -0.2) is 34.5 Å². The van der Waals surface area contributed by atoms with Crippen LogP contribution >= 0.6 is 11.3 Å². The van der Waals surface area contributed by atoms with Crippen molar-refractivity contribution in [2.45, 2.75) is 13.0 Å². The molecule has 1 amide bonds. The summed E-state index contributed by atoms with van der Waals surface area (Å²) < 4.78 is 47.4. The van der Waals surface area contributed by atoms with Gasteiger partial charge in [0.2, 0.25) is 0 Å². The molecule has 4 aromatic rings. The van der Waals surface area contributed by atoms with E-state index in [0.29, 0.717) is 17.4 Å². The Hall–Kier alpha value is -3.93. The number of benzene rings is 1. The maximum Gasteiger partial charge on any atom is 0.573 e. The van der Waals surface area contributed by atoms with E-state index in [0.717, 1.165) is 15.6 Å². The van der Waals surface area contributed by atoms with Gasteiger partial charge in [-0.15, -0.1) is 34.7 Å². The Morgan fingerprint density at radius 3 is 2.64 bits per heavy atom. The molecule has 4 rings (SSSR count). The van der Waals surface area contributed by atoms with E-state index in [1.807, 2.05) is 11.4 Å². The molecule has 0 radical (unpaired) electrons. The van der Waals surface area contributed by atoms with E-state index in [4.69, 9.17) is 4.74 Å². The summed E-state index contributed by atoms with van der Waals surface area (Å²) in [6.45, 7) is 0.154. The van der Waals surface area contributed by atoms with Gasteiger partial charge in [-0.3, -0.25) is 9.78 Å². The number of aromatic nitrogens is 3. The Balaban J connectivity index is 1.49. The molecule has 3 heterocycles. The van der Waals surface area contributed by atoms with E-state index in [2.05, 4.69) is 30.6 Å².